The summed E-state index contributed by atoms with van der Waals surface area (Å²) in [5.41, 5.74) is 1.72. The van der Waals surface area contributed by atoms with Gasteiger partial charge in [-0.15, -0.1) is 4.48 Å². The van der Waals surface area contributed by atoms with Crippen LogP contribution in [-0.2, 0) is 17.8 Å². The molecule has 2 heterocycles. The van der Waals surface area contributed by atoms with Crippen molar-refractivity contribution in [1.29, 1.82) is 0 Å². The Morgan fingerprint density at radius 3 is 2.53 bits per heavy atom. The highest BCUT2D eigenvalue weighted by molar-refractivity contribution is 7.81. The third-order valence-electron chi connectivity index (χ3n) is 5.83. The molecular weight excluding hydrogens is 432 g/mol. The van der Waals surface area contributed by atoms with Gasteiger partial charge >= 0.3 is 12.1 Å². The standard InChI is InChI=1S/C22H26N4O5S/c1-23-21(27)26(22(28)31-15-17-5-7-18(8-6-17)25(29)30)14-20(32)13-19(26)4-2-3-16-9-11-24-12-10-16/h5-12,19-20H,2-4,13-15H2,1H3,(H-,23,27,32)/p+1/t19-,20-,26?/m0/s1. The van der Waals surface area contributed by atoms with E-state index in [0.717, 1.165) is 18.4 Å². The second-order valence-electron chi connectivity index (χ2n) is 7.88. The highest BCUT2D eigenvalue weighted by Crippen LogP contribution is 2.35. The average Bonchev–Trinajstić information content (AvgIpc) is 3.14. The predicted molar refractivity (Wildman–Crippen MR) is 121 cm³/mol. The number of nitro groups is 1. The van der Waals surface area contributed by atoms with E-state index in [9.17, 15) is 19.7 Å². The maximum Gasteiger partial charge on any atom is 0.525 e. The number of rotatable bonds is 7. The third-order valence-corrected chi connectivity index (χ3v) is 6.20. The van der Waals surface area contributed by atoms with Gasteiger partial charge in [-0.05, 0) is 48.2 Å². The van der Waals surface area contributed by atoms with E-state index in [0.29, 0.717) is 18.4 Å². The number of ether oxygens (including phenoxy) is 1. The van der Waals surface area contributed by atoms with Gasteiger partial charge < -0.3 is 10.1 Å². The number of quaternary nitrogens is 1. The van der Waals surface area contributed by atoms with Crippen LogP contribution >= 0.6 is 12.6 Å². The van der Waals surface area contributed by atoms with Gasteiger partial charge in [-0.1, -0.05) is 0 Å². The van der Waals surface area contributed by atoms with Crippen molar-refractivity contribution < 1.29 is 23.7 Å². The maximum atomic E-state index is 13.2. The molecule has 0 radical (unpaired) electrons. The normalized spacial score (nSPS) is 22.3. The number of pyridine rings is 1. The molecule has 1 unspecified atom stereocenters. The lowest BCUT2D eigenvalue weighted by atomic mass is 10.0. The first kappa shape index (κ1) is 23.7. The number of aryl methyl sites for hydroxylation is 1. The summed E-state index contributed by atoms with van der Waals surface area (Å²) in [5.74, 6) is 0. The Labute approximate surface area is 191 Å². The zero-order valence-electron chi connectivity index (χ0n) is 17.8. The summed E-state index contributed by atoms with van der Waals surface area (Å²) >= 11 is 4.58. The number of thiol groups is 1. The predicted octanol–water partition coefficient (Wildman–Crippen LogP) is 3.88. The molecular formula is C22H27N4O5S+. The minimum absolute atomic E-state index is 0.0411. The zero-order chi connectivity index (χ0) is 23.1. The maximum absolute atomic E-state index is 13.2. The van der Waals surface area contributed by atoms with Crippen LogP contribution in [0.4, 0.5) is 15.3 Å². The molecule has 170 valence electrons. The summed E-state index contributed by atoms with van der Waals surface area (Å²) in [4.78, 5) is 40.5. The van der Waals surface area contributed by atoms with E-state index >= 15 is 0 Å². The number of carbonyl (C=O) groups excluding carboxylic acids is 2. The van der Waals surface area contributed by atoms with Gasteiger partial charge in [0.1, 0.15) is 19.2 Å². The lowest BCUT2D eigenvalue weighted by molar-refractivity contribution is -0.790. The zero-order valence-corrected chi connectivity index (χ0v) is 18.7. The van der Waals surface area contributed by atoms with E-state index < -0.39 is 21.5 Å². The van der Waals surface area contributed by atoms with Crippen molar-refractivity contribution in [3.63, 3.8) is 0 Å². The van der Waals surface area contributed by atoms with Gasteiger partial charge in [0.25, 0.3) is 5.69 Å². The average molecular weight is 460 g/mol. The van der Waals surface area contributed by atoms with Crippen LogP contribution in [-0.4, -0.2) is 51.4 Å². The Balaban J connectivity index is 1.71. The fourth-order valence-electron chi connectivity index (χ4n) is 4.21. The Morgan fingerprint density at radius 2 is 1.91 bits per heavy atom. The largest absolute Gasteiger partial charge is 0.525 e. The molecule has 32 heavy (non-hydrogen) atoms. The van der Waals surface area contributed by atoms with Gasteiger partial charge in [-0.3, -0.25) is 15.1 Å². The first-order valence-corrected chi connectivity index (χ1v) is 11.0. The number of aromatic nitrogens is 1. The van der Waals surface area contributed by atoms with E-state index in [2.05, 4.69) is 22.9 Å². The van der Waals surface area contributed by atoms with Crippen molar-refractivity contribution >= 4 is 30.4 Å². The van der Waals surface area contributed by atoms with E-state index in [4.69, 9.17) is 4.74 Å². The second kappa shape index (κ2) is 10.6. The molecule has 3 rings (SSSR count). The summed E-state index contributed by atoms with van der Waals surface area (Å²) in [7, 11) is 1.51. The minimum Gasteiger partial charge on any atom is -0.415 e. The fourth-order valence-corrected chi connectivity index (χ4v) is 4.71. The molecule has 3 atom stereocenters. The van der Waals surface area contributed by atoms with Gasteiger partial charge in [-0.2, -0.15) is 17.4 Å². The quantitative estimate of drug-likeness (QED) is 0.281. The molecule has 2 aromatic rings. The molecule has 0 spiro atoms. The van der Waals surface area contributed by atoms with E-state index in [1.54, 1.807) is 12.4 Å². The number of benzene rings is 1. The molecule has 9 nitrogen and oxygen atoms in total. The van der Waals surface area contributed by atoms with Crippen molar-refractivity contribution in [2.75, 3.05) is 13.6 Å². The number of hydrogen-bond donors (Lipinski definition) is 2. The number of non-ortho nitro benzene ring substituents is 1. The Bertz CT molecular complexity index is 957. The van der Waals surface area contributed by atoms with Crippen LogP contribution in [0, 0.1) is 10.1 Å². The van der Waals surface area contributed by atoms with Gasteiger partial charge in [0.15, 0.2) is 0 Å². The number of carbonyl (C=O) groups is 2. The molecule has 0 saturated carbocycles. The van der Waals surface area contributed by atoms with E-state index in [1.807, 2.05) is 12.1 Å². The molecule has 1 saturated heterocycles. The van der Waals surface area contributed by atoms with Crippen molar-refractivity contribution in [2.24, 2.45) is 0 Å². The number of amides is 3. The summed E-state index contributed by atoms with van der Waals surface area (Å²) in [6.45, 7) is 0.177. The van der Waals surface area contributed by atoms with Crippen LogP contribution in [0.2, 0.25) is 0 Å². The Hall–Kier alpha value is -2.98. The summed E-state index contributed by atoms with van der Waals surface area (Å²) < 4.78 is 5.09. The summed E-state index contributed by atoms with van der Waals surface area (Å²) in [6, 6.07) is 9.03. The highest BCUT2D eigenvalue weighted by Gasteiger charge is 2.58. The number of imide groups is 1. The molecule has 1 aromatic heterocycles. The Morgan fingerprint density at radius 1 is 1.22 bits per heavy atom. The van der Waals surface area contributed by atoms with Crippen molar-refractivity contribution in [3.8, 4) is 0 Å². The monoisotopic (exact) mass is 459 g/mol. The number of hydrogen-bond acceptors (Lipinski definition) is 7. The molecule has 1 aromatic carbocycles. The van der Waals surface area contributed by atoms with Crippen LogP contribution in [0.15, 0.2) is 48.8 Å². The number of likely N-dealkylation sites (tertiary alicyclic amines) is 1. The van der Waals surface area contributed by atoms with E-state index in [-0.39, 0.29) is 30.1 Å². The molecule has 1 aliphatic heterocycles. The van der Waals surface area contributed by atoms with Gasteiger partial charge in [0.2, 0.25) is 0 Å². The van der Waals surface area contributed by atoms with Gasteiger partial charge in [0, 0.05) is 44.4 Å². The number of nitrogens with zero attached hydrogens (tertiary/aromatic N) is 3. The van der Waals surface area contributed by atoms with Crippen LogP contribution < -0.4 is 5.32 Å². The van der Waals surface area contributed by atoms with Gasteiger partial charge in [-0.25, -0.2) is 4.79 Å². The van der Waals surface area contributed by atoms with E-state index in [1.165, 1.54) is 31.3 Å². The Kier molecular flexibility index (Phi) is 7.81. The summed E-state index contributed by atoms with van der Waals surface area (Å²) in [6.07, 6.45) is 5.78. The molecule has 3 amide bonds. The molecule has 0 bridgehead atoms. The molecule has 10 heteroatoms. The first-order valence-electron chi connectivity index (χ1n) is 10.4. The van der Waals surface area contributed by atoms with Crippen LogP contribution in [0.5, 0.6) is 0 Å². The molecule has 1 N–H and O–H groups in total. The van der Waals surface area contributed by atoms with Crippen LogP contribution in [0.1, 0.15) is 30.4 Å². The van der Waals surface area contributed by atoms with Crippen molar-refractivity contribution in [3.05, 3.63) is 70.0 Å². The minimum atomic E-state index is -0.631. The highest BCUT2D eigenvalue weighted by atomic mass is 32.1. The first-order chi connectivity index (χ1) is 15.4. The second-order valence-corrected chi connectivity index (χ2v) is 8.61. The van der Waals surface area contributed by atoms with Crippen molar-refractivity contribution in [1.82, 2.24) is 10.3 Å². The smallest absolute Gasteiger partial charge is 0.415 e. The lowest BCUT2D eigenvalue weighted by Gasteiger charge is -2.32. The fraction of sp³-hybridized carbons (Fsp3) is 0.409. The number of nitro benzene ring substituents is 1. The number of urea groups is 1. The SMILES string of the molecule is CNC(=O)[N+]1(C(=O)OCc2ccc([N+](=O)[O-])cc2)C[C@@H](S)C[C@@H]1CCCc1ccncc1. The summed E-state index contributed by atoms with van der Waals surface area (Å²) in [5, 5.41) is 13.3. The van der Waals surface area contributed by atoms with Crippen LogP contribution in [0.25, 0.3) is 0 Å². The van der Waals surface area contributed by atoms with Crippen LogP contribution in [0.3, 0.4) is 0 Å². The number of nitrogens with one attached hydrogen (secondary N) is 1. The third kappa shape index (κ3) is 5.25. The topological polar surface area (TPSA) is 111 Å². The lowest BCUT2D eigenvalue weighted by Crippen LogP contribution is -2.63. The molecule has 0 aliphatic carbocycles. The molecule has 1 fully saturated rings. The molecule has 1 aliphatic rings. The van der Waals surface area contributed by atoms with Gasteiger partial charge in [0.05, 0.1) is 10.2 Å². The van der Waals surface area contributed by atoms with Crippen molar-refractivity contribution in [2.45, 2.75) is 43.6 Å².